The molecule has 19 heavy (non-hydrogen) atoms. The molecule has 0 aromatic heterocycles. The van der Waals surface area contributed by atoms with Crippen molar-refractivity contribution in [2.45, 2.75) is 52.9 Å². The van der Waals surface area contributed by atoms with Crippen LogP contribution in [0.25, 0.3) is 0 Å². The Hall–Kier alpha value is -1.02. The first-order chi connectivity index (χ1) is 9.24. The molecule has 2 heteroatoms. The van der Waals surface area contributed by atoms with Gasteiger partial charge in [-0.15, -0.1) is 0 Å². The molecule has 0 fully saturated rings. The fraction of sp³-hybridized carbons (Fsp3) is 0.647. The molecule has 1 aromatic rings. The molecule has 0 amide bonds. The third kappa shape index (κ3) is 7.22. The Morgan fingerprint density at radius 2 is 1.68 bits per heavy atom. The van der Waals surface area contributed by atoms with Crippen LogP contribution in [0, 0.1) is 13.8 Å². The van der Waals surface area contributed by atoms with Gasteiger partial charge in [0.25, 0.3) is 0 Å². The van der Waals surface area contributed by atoms with Crippen LogP contribution in [-0.2, 0) is 0 Å². The first-order valence-corrected chi connectivity index (χ1v) is 7.76. The number of unbranched alkanes of at least 4 members (excludes halogenated alkanes) is 4. The molecule has 0 bridgehead atoms. The van der Waals surface area contributed by atoms with Gasteiger partial charge < -0.3 is 10.6 Å². The molecule has 2 nitrogen and oxygen atoms in total. The number of hydrogen-bond donors (Lipinski definition) is 2. The van der Waals surface area contributed by atoms with Crippen molar-refractivity contribution >= 4 is 5.69 Å². The summed E-state index contributed by atoms with van der Waals surface area (Å²) >= 11 is 0. The molecule has 0 atom stereocenters. The first kappa shape index (κ1) is 16.0. The summed E-state index contributed by atoms with van der Waals surface area (Å²) in [5.74, 6) is 0. The molecular weight excluding hydrogens is 232 g/mol. The van der Waals surface area contributed by atoms with Crippen LogP contribution in [-0.4, -0.2) is 19.6 Å². The first-order valence-electron chi connectivity index (χ1n) is 7.76. The second-order valence-electron chi connectivity index (χ2n) is 5.41. The van der Waals surface area contributed by atoms with Gasteiger partial charge in [-0.25, -0.2) is 0 Å². The topological polar surface area (TPSA) is 24.1 Å². The van der Waals surface area contributed by atoms with Crippen LogP contribution in [0.5, 0.6) is 0 Å². The van der Waals surface area contributed by atoms with E-state index in [1.54, 1.807) is 0 Å². The van der Waals surface area contributed by atoms with Crippen LogP contribution in [0.15, 0.2) is 18.2 Å². The van der Waals surface area contributed by atoms with E-state index in [0.29, 0.717) is 0 Å². The van der Waals surface area contributed by atoms with E-state index in [9.17, 15) is 0 Å². The van der Waals surface area contributed by atoms with Crippen molar-refractivity contribution in [1.82, 2.24) is 5.32 Å². The fourth-order valence-electron chi connectivity index (χ4n) is 2.19. The maximum Gasteiger partial charge on any atom is 0.0372 e. The molecule has 0 radical (unpaired) electrons. The van der Waals surface area contributed by atoms with E-state index in [1.165, 1.54) is 48.9 Å². The van der Waals surface area contributed by atoms with Crippen molar-refractivity contribution in [2.75, 3.05) is 25.0 Å². The summed E-state index contributed by atoms with van der Waals surface area (Å²) in [7, 11) is 0. The van der Waals surface area contributed by atoms with Gasteiger partial charge in [0.05, 0.1) is 0 Å². The predicted molar refractivity (Wildman–Crippen MR) is 86.0 cm³/mol. The molecule has 1 aromatic carbocycles. The Balaban J connectivity index is 2.03. The van der Waals surface area contributed by atoms with E-state index in [0.717, 1.165) is 19.6 Å². The third-order valence-electron chi connectivity index (χ3n) is 3.47. The van der Waals surface area contributed by atoms with Crippen LogP contribution < -0.4 is 10.6 Å². The number of anilines is 1. The summed E-state index contributed by atoms with van der Waals surface area (Å²) in [6.45, 7) is 9.75. The highest BCUT2D eigenvalue weighted by molar-refractivity contribution is 5.52. The minimum atomic E-state index is 0.999. The Bertz CT molecular complexity index is 347. The van der Waals surface area contributed by atoms with Crippen molar-refractivity contribution in [2.24, 2.45) is 0 Å². The van der Waals surface area contributed by atoms with Crippen LogP contribution in [0.1, 0.15) is 50.2 Å². The second-order valence-corrected chi connectivity index (χ2v) is 5.41. The van der Waals surface area contributed by atoms with Gasteiger partial charge in [0, 0.05) is 18.8 Å². The molecule has 0 aliphatic rings. The van der Waals surface area contributed by atoms with Crippen LogP contribution >= 0.6 is 0 Å². The quantitative estimate of drug-likeness (QED) is 0.615. The SMILES string of the molecule is CCCCCCCNCCNc1cc(C)ccc1C. The summed E-state index contributed by atoms with van der Waals surface area (Å²) in [5, 5.41) is 7.01. The van der Waals surface area contributed by atoms with Crippen LogP contribution in [0.2, 0.25) is 0 Å². The summed E-state index contributed by atoms with van der Waals surface area (Å²) in [6, 6.07) is 6.56. The minimum absolute atomic E-state index is 0.999. The van der Waals surface area contributed by atoms with Crippen molar-refractivity contribution in [1.29, 1.82) is 0 Å². The van der Waals surface area contributed by atoms with E-state index < -0.39 is 0 Å². The van der Waals surface area contributed by atoms with E-state index in [-0.39, 0.29) is 0 Å². The molecule has 2 N–H and O–H groups in total. The number of benzene rings is 1. The van der Waals surface area contributed by atoms with Gasteiger partial charge in [0.15, 0.2) is 0 Å². The number of rotatable bonds is 10. The molecule has 0 saturated carbocycles. The molecule has 0 aliphatic heterocycles. The Kier molecular flexibility index (Phi) is 8.31. The normalized spacial score (nSPS) is 10.7. The Labute approximate surface area is 119 Å². The van der Waals surface area contributed by atoms with E-state index >= 15 is 0 Å². The van der Waals surface area contributed by atoms with Crippen LogP contribution in [0.4, 0.5) is 5.69 Å². The third-order valence-corrected chi connectivity index (χ3v) is 3.47. The number of aryl methyl sites for hydroxylation is 2. The summed E-state index contributed by atoms with van der Waals surface area (Å²) in [5.41, 5.74) is 3.91. The van der Waals surface area contributed by atoms with Gasteiger partial charge in [-0.3, -0.25) is 0 Å². The molecule has 0 unspecified atom stereocenters. The fourth-order valence-corrected chi connectivity index (χ4v) is 2.19. The molecule has 0 saturated heterocycles. The Morgan fingerprint density at radius 3 is 2.47 bits per heavy atom. The van der Waals surface area contributed by atoms with Crippen molar-refractivity contribution in [3.8, 4) is 0 Å². The molecule has 1 rings (SSSR count). The lowest BCUT2D eigenvalue weighted by atomic mass is 10.1. The standard InChI is InChI=1S/C17H30N2/c1-4-5-6-7-8-11-18-12-13-19-17-14-15(2)9-10-16(17)3/h9-10,14,18-19H,4-8,11-13H2,1-3H3. The smallest absolute Gasteiger partial charge is 0.0372 e. The largest absolute Gasteiger partial charge is 0.384 e. The zero-order valence-electron chi connectivity index (χ0n) is 12.9. The van der Waals surface area contributed by atoms with Gasteiger partial charge >= 0.3 is 0 Å². The maximum atomic E-state index is 3.50. The highest BCUT2D eigenvalue weighted by atomic mass is 14.9. The summed E-state index contributed by atoms with van der Waals surface area (Å²) < 4.78 is 0. The average molecular weight is 262 g/mol. The predicted octanol–water partition coefficient (Wildman–Crippen LogP) is 4.28. The Morgan fingerprint density at radius 1 is 0.895 bits per heavy atom. The average Bonchev–Trinajstić information content (AvgIpc) is 2.40. The van der Waals surface area contributed by atoms with Gasteiger partial charge in [-0.05, 0) is 44.0 Å². The second kappa shape index (κ2) is 9.85. The van der Waals surface area contributed by atoms with E-state index in [4.69, 9.17) is 0 Å². The number of hydrogen-bond acceptors (Lipinski definition) is 2. The minimum Gasteiger partial charge on any atom is -0.384 e. The van der Waals surface area contributed by atoms with Gasteiger partial charge in [0.2, 0.25) is 0 Å². The van der Waals surface area contributed by atoms with Crippen molar-refractivity contribution in [3.63, 3.8) is 0 Å². The lowest BCUT2D eigenvalue weighted by molar-refractivity contribution is 0.589. The maximum absolute atomic E-state index is 3.50. The zero-order chi connectivity index (χ0) is 13.9. The monoisotopic (exact) mass is 262 g/mol. The summed E-state index contributed by atoms with van der Waals surface area (Å²) in [6.07, 6.45) is 6.77. The zero-order valence-corrected chi connectivity index (χ0v) is 12.9. The highest BCUT2D eigenvalue weighted by Crippen LogP contribution is 2.15. The molecule has 0 heterocycles. The lowest BCUT2D eigenvalue weighted by Gasteiger charge is -2.11. The molecule has 108 valence electrons. The molecule has 0 aliphatic carbocycles. The van der Waals surface area contributed by atoms with Crippen molar-refractivity contribution < 1.29 is 0 Å². The van der Waals surface area contributed by atoms with Gasteiger partial charge in [-0.2, -0.15) is 0 Å². The number of nitrogens with one attached hydrogen (secondary N) is 2. The van der Waals surface area contributed by atoms with E-state index in [2.05, 4.69) is 49.6 Å². The van der Waals surface area contributed by atoms with E-state index in [1.807, 2.05) is 0 Å². The lowest BCUT2D eigenvalue weighted by Crippen LogP contribution is -2.23. The van der Waals surface area contributed by atoms with Crippen LogP contribution in [0.3, 0.4) is 0 Å². The summed E-state index contributed by atoms with van der Waals surface area (Å²) in [4.78, 5) is 0. The van der Waals surface area contributed by atoms with Gasteiger partial charge in [0.1, 0.15) is 0 Å². The highest BCUT2D eigenvalue weighted by Gasteiger charge is 1.97. The van der Waals surface area contributed by atoms with Gasteiger partial charge in [-0.1, -0.05) is 44.7 Å². The molecule has 0 spiro atoms. The molecular formula is C17H30N2. The van der Waals surface area contributed by atoms with Crippen molar-refractivity contribution in [3.05, 3.63) is 29.3 Å².